The van der Waals surface area contributed by atoms with Gasteiger partial charge in [-0.05, 0) is 24.7 Å². The first kappa shape index (κ1) is 11.4. The number of aromatic nitrogens is 1. The van der Waals surface area contributed by atoms with Crippen LogP contribution in [-0.2, 0) is 6.54 Å². The Morgan fingerprint density at radius 2 is 2.56 bits per heavy atom. The average molecular weight is 233 g/mol. The highest BCUT2D eigenvalue weighted by Gasteiger charge is 2.13. The van der Waals surface area contributed by atoms with E-state index in [2.05, 4.69) is 16.4 Å². The lowest BCUT2D eigenvalue weighted by Crippen LogP contribution is -2.33. The van der Waals surface area contributed by atoms with Gasteiger partial charge in [-0.15, -0.1) is 0 Å². The van der Waals surface area contributed by atoms with Gasteiger partial charge < -0.3 is 5.32 Å². The van der Waals surface area contributed by atoms with Gasteiger partial charge in [-0.2, -0.15) is 17.0 Å². The number of pyridine rings is 1. The Morgan fingerprint density at radius 1 is 1.62 bits per heavy atom. The average Bonchev–Trinajstić information content (AvgIpc) is 2.38. The van der Waals surface area contributed by atoms with E-state index in [0.29, 0.717) is 11.7 Å². The van der Waals surface area contributed by atoms with Gasteiger partial charge >= 0.3 is 0 Å². The molecular formula is C12H15N3S. The first-order chi connectivity index (χ1) is 7.90. The van der Waals surface area contributed by atoms with Crippen LogP contribution in [0.2, 0.25) is 0 Å². The van der Waals surface area contributed by atoms with Crippen LogP contribution < -0.4 is 5.32 Å². The lowest BCUT2D eigenvalue weighted by molar-refractivity contribution is 0.507. The van der Waals surface area contributed by atoms with Crippen LogP contribution in [0.5, 0.6) is 0 Å². The number of rotatable bonds is 3. The summed E-state index contributed by atoms with van der Waals surface area (Å²) in [4.78, 5) is 4.05. The van der Waals surface area contributed by atoms with Gasteiger partial charge in [0.25, 0.3) is 0 Å². The van der Waals surface area contributed by atoms with Crippen LogP contribution in [0.3, 0.4) is 0 Å². The van der Waals surface area contributed by atoms with Crippen LogP contribution in [0.4, 0.5) is 0 Å². The fourth-order valence-electron chi connectivity index (χ4n) is 1.84. The molecule has 16 heavy (non-hydrogen) atoms. The summed E-state index contributed by atoms with van der Waals surface area (Å²) in [5, 5.41) is 12.4. The maximum absolute atomic E-state index is 8.91. The van der Waals surface area contributed by atoms with Crippen molar-refractivity contribution in [3.8, 4) is 6.07 Å². The summed E-state index contributed by atoms with van der Waals surface area (Å²) in [6, 6.07) is 6.56. The second-order valence-electron chi connectivity index (χ2n) is 3.92. The van der Waals surface area contributed by atoms with E-state index in [9.17, 15) is 0 Å². The van der Waals surface area contributed by atoms with Crippen LogP contribution in [0.25, 0.3) is 0 Å². The van der Waals surface area contributed by atoms with Crippen molar-refractivity contribution in [3.05, 3.63) is 29.6 Å². The van der Waals surface area contributed by atoms with Crippen molar-refractivity contribution in [2.24, 2.45) is 0 Å². The van der Waals surface area contributed by atoms with E-state index in [1.807, 2.05) is 23.9 Å². The van der Waals surface area contributed by atoms with Gasteiger partial charge in [-0.25, -0.2) is 4.98 Å². The molecule has 84 valence electrons. The zero-order valence-corrected chi connectivity index (χ0v) is 9.96. The molecule has 2 rings (SSSR count). The molecule has 1 aromatic heterocycles. The molecule has 1 aliphatic rings. The third-order valence-corrected chi connectivity index (χ3v) is 3.95. The molecule has 4 heteroatoms. The van der Waals surface area contributed by atoms with Crippen molar-refractivity contribution in [2.45, 2.75) is 25.4 Å². The Balaban J connectivity index is 1.91. The fraction of sp³-hybridized carbons (Fsp3) is 0.500. The molecule has 1 unspecified atom stereocenters. The Hall–Kier alpha value is -1.05. The number of hydrogen-bond acceptors (Lipinski definition) is 4. The van der Waals surface area contributed by atoms with Crippen LogP contribution in [-0.4, -0.2) is 22.5 Å². The molecule has 1 aromatic rings. The largest absolute Gasteiger partial charge is 0.309 e. The highest BCUT2D eigenvalue weighted by Crippen LogP contribution is 2.17. The maximum atomic E-state index is 8.91. The van der Waals surface area contributed by atoms with E-state index in [1.165, 1.54) is 24.3 Å². The van der Waals surface area contributed by atoms with E-state index in [1.54, 1.807) is 6.20 Å². The van der Waals surface area contributed by atoms with Crippen LogP contribution >= 0.6 is 11.8 Å². The molecule has 0 aliphatic carbocycles. The van der Waals surface area contributed by atoms with Crippen LogP contribution in [0.15, 0.2) is 18.3 Å². The molecule has 1 aliphatic heterocycles. The summed E-state index contributed by atoms with van der Waals surface area (Å²) in [5.74, 6) is 2.47. The summed E-state index contributed by atoms with van der Waals surface area (Å²) in [7, 11) is 0. The minimum absolute atomic E-state index is 0.540. The third kappa shape index (κ3) is 2.97. The van der Waals surface area contributed by atoms with Gasteiger partial charge in [0, 0.05) is 30.1 Å². The molecule has 1 atom stereocenters. The number of nitrogens with one attached hydrogen (secondary N) is 1. The van der Waals surface area contributed by atoms with E-state index >= 15 is 0 Å². The Morgan fingerprint density at radius 3 is 3.31 bits per heavy atom. The summed E-state index contributed by atoms with van der Waals surface area (Å²) in [6.07, 6.45) is 4.20. The van der Waals surface area contributed by atoms with Crippen molar-refractivity contribution in [3.63, 3.8) is 0 Å². The van der Waals surface area contributed by atoms with E-state index in [4.69, 9.17) is 5.26 Å². The topological polar surface area (TPSA) is 48.7 Å². The predicted molar refractivity (Wildman–Crippen MR) is 66.1 cm³/mol. The third-order valence-electron chi connectivity index (χ3n) is 2.74. The Labute approximate surface area is 100 Å². The molecule has 1 N–H and O–H groups in total. The van der Waals surface area contributed by atoms with E-state index < -0.39 is 0 Å². The molecule has 0 radical (unpaired) electrons. The normalized spacial score (nSPS) is 20.3. The molecule has 0 saturated carbocycles. The van der Waals surface area contributed by atoms with Crippen molar-refractivity contribution < 1.29 is 0 Å². The SMILES string of the molecule is N#Cc1ncccc1CNC1CCCSC1. The standard InChI is InChI=1S/C12H15N3S/c13-7-12-10(3-1-5-14-12)8-15-11-4-2-6-16-9-11/h1,3,5,11,15H,2,4,6,8-9H2. The Kier molecular flexibility index (Phi) is 4.20. The first-order valence-electron chi connectivity index (χ1n) is 5.55. The summed E-state index contributed by atoms with van der Waals surface area (Å²) in [5.41, 5.74) is 1.54. The minimum atomic E-state index is 0.540. The molecule has 0 bridgehead atoms. The second-order valence-corrected chi connectivity index (χ2v) is 5.07. The zero-order chi connectivity index (χ0) is 11.2. The van der Waals surface area contributed by atoms with Crippen LogP contribution in [0, 0.1) is 11.3 Å². The van der Waals surface area contributed by atoms with Crippen molar-refractivity contribution in [1.82, 2.24) is 10.3 Å². The van der Waals surface area contributed by atoms with Gasteiger partial charge in [0.05, 0.1) is 0 Å². The van der Waals surface area contributed by atoms with E-state index in [0.717, 1.165) is 12.1 Å². The number of thioether (sulfide) groups is 1. The minimum Gasteiger partial charge on any atom is -0.309 e. The van der Waals surface area contributed by atoms with Crippen molar-refractivity contribution in [1.29, 1.82) is 5.26 Å². The van der Waals surface area contributed by atoms with E-state index in [-0.39, 0.29) is 0 Å². The molecule has 0 aromatic carbocycles. The van der Waals surface area contributed by atoms with Gasteiger partial charge in [-0.3, -0.25) is 0 Å². The molecule has 3 nitrogen and oxygen atoms in total. The predicted octanol–water partition coefficient (Wildman–Crippen LogP) is 1.94. The number of hydrogen-bond donors (Lipinski definition) is 1. The van der Waals surface area contributed by atoms with Gasteiger partial charge in [0.15, 0.2) is 0 Å². The number of nitriles is 1. The molecule has 1 fully saturated rings. The van der Waals surface area contributed by atoms with Crippen molar-refractivity contribution >= 4 is 11.8 Å². The lowest BCUT2D eigenvalue weighted by atomic mass is 10.1. The highest BCUT2D eigenvalue weighted by molar-refractivity contribution is 7.99. The van der Waals surface area contributed by atoms with Crippen molar-refractivity contribution in [2.75, 3.05) is 11.5 Å². The smallest absolute Gasteiger partial charge is 0.144 e. The first-order valence-corrected chi connectivity index (χ1v) is 6.71. The number of nitrogens with zero attached hydrogens (tertiary/aromatic N) is 2. The lowest BCUT2D eigenvalue weighted by Gasteiger charge is -2.22. The molecule has 2 heterocycles. The molecule has 0 amide bonds. The maximum Gasteiger partial charge on any atom is 0.144 e. The molecular weight excluding hydrogens is 218 g/mol. The molecule has 1 saturated heterocycles. The second kappa shape index (κ2) is 5.88. The monoisotopic (exact) mass is 233 g/mol. The van der Waals surface area contributed by atoms with Gasteiger partial charge in [0.1, 0.15) is 11.8 Å². The highest BCUT2D eigenvalue weighted by atomic mass is 32.2. The zero-order valence-electron chi connectivity index (χ0n) is 9.15. The summed E-state index contributed by atoms with van der Waals surface area (Å²) >= 11 is 2.00. The van der Waals surface area contributed by atoms with Gasteiger partial charge in [-0.1, -0.05) is 6.07 Å². The molecule has 0 spiro atoms. The summed E-state index contributed by atoms with van der Waals surface area (Å²) in [6.45, 7) is 0.752. The summed E-state index contributed by atoms with van der Waals surface area (Å²) < 4.78 is 0. The fourth-order valence-corrected chi connectivity index (χ4v) is 2.94. The van der Waals surface area contributed by atoms with Crippen LogP contribution in [0.1, 0.15) is 24.1 Å². The Bertz CT molecular complexity index is 380. The van der Waals surface area contributed by atoms with Gasteiger partial charge in [0.2, 0.25) is 0 Å². The quantitative estimate of drug-likeness (QED) is 0.866.